The van der Waals surface area contributed by atoms with Crippen LogP contribution in [0.4, 0.5) is 0 Å². The zero-order chi connectivity index (χ0) is 17.2. The first-order valence-corrected chi connectivity index (χ1v) is 11.8. The fourth-order valence-corrected chi connectivity index (χ4v) is 7.48. The van der Waals surface area contributed by atoms with Crippen molar-refractivity contribution in [3.05, 3.63) is 6.42 Å². The molecule has 0 heterocycles. The molecule has 3 heteroatoms. The highest BCUT2D eigenvalue weighted by Gasteiger charge is 2.37. The predicted octanol–water partition coefficient (Wildman–Crippen LogP) is 6.23. The van der Waals surface area contributed by atoms with E-state index in [0.29, 0.717) is 17.8 Å². The molecule has 0 bridgehead atoms. The molecule has 0 aromatic carbocycles. The van der Waals surface area contributed by atoms with E-state index in [9.17, 15) is 4.79 Å². The van der Waals surface area contributed by atoms with Crippen LogP contribution in [0.15, 0.2) is 0 Å². The van der Waals surface area contributed by atoms with E-state index in [0.717, 1.165) is 24.6 Å². The van der Waals surface area contributed by atoms with Gasteiger partial charge in [-0.25, -0.2) is 0 Å². The molecule has 0 aliphatic rings. The van der Waals surface area contributed by atoms with E-state index in [-0.39, 0.29) is 5.97 Å². The van der Waals surface area contributed by atoms with E-state index in [1.165, 1.54) is 19.3 Å². The summed E-state index contributed by atoms with van der Waals surface area (Å²) < 4.78 is 6.17. The first-order chi connectivity index (χ1) is 10.2. The monoisotopic (exact) mass is 327 g/mol. The van der Waals surface area contributed by atoms with Gasteiger partial charge in [-0.2, -0.15) is 0 Å². The molecule has 131 valence electrons. The molecule has 0 N–H and O–H groups in total. The molecule has 0 saturated heterocycles. The van der Waals surface area contributed by atoms with Crippen molar-refractivity contribution in [1.82, 2.24) is 0 Å². The van der Waals surface area contributed by atoms with E-state index in [1.807, 2.05) is 6.92 Å². The van der Waals surface area contributed by atoms with Crippen LogP contribution in [0.1, 0.15) is 74.1 Å². The standard InChI is InChI=1S/C19H39O2Si/c1-8-9-19(20)21-22(13-10-16(2)3,14-11-17(4)5)15-12-18(6)7/h9,16-18H,8,10-15H2,1-7H3. The lowest BCUT2D eigenvalue weighted by Gasteiger charge is -2.33. The molecule has 22 heavy (non-hydrogen) atoms. The van der Waals surface area contributed by atoms with Gasteiger partial charge in [0, 0.05) is 0 Å². The Balaban J connectivity index is 5.03. The predicted molar refractivity (Wildman–Crippen MR) is 99.2 cm³/mol. The average Bonchev–Trinajstić information content (AvgIpc) is 2.40. The van der Waals surface area contributed by atoms with Gasteiger partial charge in [0.05, 0.1) is 6.42 Å². The summed E-state index contributed by atoms with van der Waals surface area (Å²) in [6, 6.07) is 3.40. The summed E-state index contributed by atoms with van der Waals surface area (Å²) >= 11 is 0. The van der Waals surface area contributed by atoms with E-state index >= 15 is 0 Å². The van der Waals surface area contributed by atoms with Crippen molar-refractivity contribution in [2.45, 2.75) is 92.3 Å². The molecular weight excluding hydrogens is 288 g/mol. The topological polar surface area (TPSA) is 26.3 Å². The van der Waals surface area contributed by atoms with Crippen molar-refractivity contribution in [3.8, 4) is 0 Å². The Hall–Kier alpha value is -0.313. The number of rotatable bonds is 12. The second-order valence-corrected chi connectivity index (χ2v) is 12.1. The molecule has 0 fully saturated rings. The molecule has 0 amide bonds. The van der Waals surface area contributed by atoms with Gasteiger partial charge in [-0.05, 0) is 42.3 Å². The van der Waals surface area contributed by atoms with Crippen LogP contribution in [0, 0.1) is 24.2 Å². The molecule has 0 aromatic rings. The molecule has 0 spiro atoms. The van der Waals surface area contributed by atoms with Crippen LogP contribution >= 0.6 is 0 Å². The number of carbonyl (C=O) groups is 1. The maximum absolute atomic E-state index is 12.1. The summed E-state index contributed by atoms with van der Waals surface area (Å²) in [4.78, 5) is 12.1. The molecule has 0 atom stereocenters. The van der Waals surface area contributed by atoms with E-state index in [2.05, 4.69) is 41.5 Å². The van der Waals surface area contributed by atoms with Crippen molar-refractivity contribution in [3.63, 3.8) is 0 Å². The van der Waals surface area contributed by atoms with Crippen LogP contribution in [0.25, 0.3) is 0 Å². The SMILES string of the molecule is CC[CH]C(=O)O[Si](CCC(C)C)(CCC(C)C)CCC(C)C. The van der Waals surface area contributed by atoms with Crippen LogP contribution in [0.5, 0.6) is 0 Å². The summed E-state index contributed by atoms with van der Waals surface area (Å²) in [6.07, 6.45) is 6.02. The quantitative estimate of drug-likeness (QED) is 0.397. The Morgan fingerprint density at radius 3 is 1.50 bits per heavy atom. The fraction of sp³-hybridized carbons (Fsp3) is 0.895. The molecule has 0 saturated carbocycles. The lowest BCUT2D eigenvalue weighted by Crippen LogP contribution is -2.41. The van der Waals surface area contributed by atoms with Crippen molar-refractivity contribution in [2.75, 3.05) is 0 Å². The lowest BCUT2D eigenvalue weighted by molar-refractivity contribution is -0.131. The smallest absolute Gasteiger partial charge is 0.296 e. The molecule has 2 nitrogen and oxygen atoms in total. The van der Waals surface area contributed by atoms with Crippen molar-refractivity contribution >= 4 is 14.3 Å². The van der Waals surface area contributed by atoms with E-state index < -0.39 is 8.32 Å². The second kappa shape index (κ2) is 11.3. The van der Waals surface area contributed by atoms with Crippen LogP contribution < -0.4 is 0 Å². The van der Waals surface area contributed by atoms with Crippen LogP contribution in [-0.2, 0) is 9.22 Å². The van der Waals surface area contributed by atoms with Crippen molar-refractivity contribution in [1.29, 1.82) is 0 Å². The number of hydrogen-bond acceptors (Lipinski definition) is 2. The summed E-state index contributed by atoms with van der Waals surface area (Å²) in [5.41, 5.74) is 0. The van der Waals surface area contributed by atoms with Crippen LogP contribution in [0.2, 0.25) is 18.1 Å². The Kier molecular flexibility index (Phi) is 11.1. The highest BCUT2D eigenvalue weighted by Crippen LogP contribution is 2.32. The largest absolute Gasteiger partial charge is 0.519 e. The Morgan fingerprint density at radius 2 is 1.23 bits per heavy atom. The molecule has 1 radical (unpaired) electrons. The van der Waals surface area contributed by atoms with Crippen molar-refractivity contribution < 1.29 is 9.22 Å². The third kappa shape index (κ3) is 10.4. The summed E-state index contributed by atoms with van der Waals surface area (Å²) in [6.45, 7) is 15.6. The first-order valence-electron chi connectivity index (χ1n) is 9.27. The third-order valence-electron chi connectivity index (χ3n) is 4.22. The Morgan fingerprint density at radius 1 is 0.864 bits per heavy atom. The van der Waals surface area contributed by atoms with Gasteiger partial charge in [-0.15, -0.1) is 0 Å². The van der Waals surface area contributed by atoms with Gasteiger partial charge in [-0.3, -0.25) is 4.79 Å². The molecule has 0 aliphatic heterocycles. The summed E-state index contributed by atoms with van der Waals surface area (Å²) in [7, 11) is -1.96. The van der Waals surface area contributed by atoms with Gasteiger partial charge in [0.1, 0.15) is 0 Å². The second-order valence-electron chi connectivity index (χ2n) is 8.01. The third-order valence-corrected chi connectivity index (χ3v) is 8.45. The van der Waals surface area contributed by atoms with Gasteiger partial charge in [0.25, 0.3) is 14.3 Å². The minimum atomic E-state index is -1.96. The molecule has 0 aliphatic carbocycles. The highest BCUT2D eigenvalue weighted by molar-refractivity contribution is 6.75. The van der Waals surface area contributed by atoms with Crippen LogP contribution in [-0.4, -0.2) is 14.3 Å². The molecule has 0 aromatic heterocycles. The van der Waals surface area contributed by atoms with Gasteiger partial charge in [-0.1, -0.05) is 67.7 Å². The maximum Gasteiger partial charge on any atom is 0.296 e. The summed E-state index contributed by atoms with van der Waals surface area (Å²) in [5, 5.41) is 0. The minimum absolute atomic E-state index is 0.0644. The lowest BCUT2D eigenvalue weighted by atomic mass is 10.2. The average molecular weight is 328 g/mol. The Labute approximate surface area is 140 Å². The highest BCUT2D eigenvalue weighted by atomic mass is 28.4. The Bertz CT molecular complexity index is 267. The van der Waals surface area contributed by atoms with E-state index in [1.54, 1.807) is 6.42 Å². The van der Waals surface area contributed by atoms with Gasteiger partial charge < -0.3 is 4.43 Å². The first kappa shape index (κ1) is 21.7. The maximum atomic E-state index is 12.1. The van der Waals surface area contributed by atoms with E-state index in [4.69, 9.17) is 4.43 Å². The number of carbonyl (C=O) groups excluding carboxylic acids is 1. The minimum Gasteiger partial charge on any atom is -0.519 e. The van der Waals surface area contributed by atoms with Gasteiger partial charge >= 0.3 is 0 Å². The zero-order valence-electron chi connectivity index (χ0n) is 16.1. The zero-order valence-corrected chi connectivity index (χ0v) is 17.1. The fourth-order valence-electron chi connectivity index (χ4n) is 2.60. The van der Waals surface area contributed by atoms with Gasteiger partial charge in [0.15, 0.2) is 0 Å². The molecule has 0 rings (SSSR count). The number of hydrogen-bond donors (Lipinski definition) is 0. The molecule has 0 unspecified atom stereocenters. The van der Waals surface area contributed by atoms with Gasteiger partial charge in [0.2, 0.25) is 0 Å². The van der Waals surface area contributed by atoms with Crippen LogP contribution in [0.3, 0.4) is 0 Å². The normalized spacial score (nSPS) is 12.5. The van der Waals surface area contributed by atoms with Crippen molar-refractivity contribution in [2.24, 2.45) is 17.8 Å². The molecular formula is C19H39O2Si. The summed E-state index contributed by atoms with van der Waals surface area (Å²) in [5.74, 6) is 1.97.